The fourth-order valence-electron chi connectivity index (χ4n) is 3.20. The normalized spacial score (nSPS) is 17.6. The standard InChI is InChI=1S/C14H29N.C4H10.C3H8/c1-5-7-14(8-6-2)9-11-15(12-10-14)13(3)4;1-4(2)3;1-3-2/h13H,5-12H2,1-4H3;4H,1-3H3;3H2,1-2H3. The van der Waals surface area contributed by atoms with Crippen LogP contribution >= 0.6 is 0 Å². The van der Waals surface area contributed by atoms with Gasteiger partial charge in [0.05, 0.1) is 0 Å². The van der Waals surface area contributed by atoms with E-state index in [1.807, 2.05) is 0 Å². The van der Waals surface area contributed by atoms with Crippen LogP contribution in [-0.2, 0) is 0 Å². The molecule has 0 aromatic carbocycles. The lowest BCUT2D eigenvalue weighted by molar-refractivity contribution is 0.0676. The van der Waals surface area contributed by atoms with Gasteiger partial charge in [0.1, 0.15) is 0 Å². The number of hydrogen-bond acceptors (Lipinski definition) is 1. The minimum atomic E-state index is 0.703. The summed E-state index contributed by atoms with van der Waals surface area (Å²) in [5, 5.41) is 0. The van der Waals surface area contributed by atoms with Crippen LogP contribution < -0.4 is 0 Å². The molecule has 0 unspecified atom stereocenters. The lowest BCUT2D eigenvalue weighted by Crippen LogP contribution is -2.43. The predicted octanol–water partition coefficient (Wildman–Crippen LogP) is 7.16. The average Bonchev–Trinajstić information content (AvgIpc) is 2.40. The van der Waals surface area contributed by atoms with E-state index in [1.165, 1.54) is 58.0 Å². The zero-order valence-corrected chi connectivity index (χ0v) is 17.5. The minimum absolute atomic E-state index is 0.703. The number of piperidine rings is 1. The molecule has 1 aliphatic heterocycles. The average molecular weight is 314 g/mol. The van der Waals surface area contributed by atoms with E-state index in [0.29, 0.717) is 5.41 Å². The van der Waals surface area contributed by atoms with E-state index in [2.05, 4.69) is 67.2 Å². The van der Waals surface area contributed by atoms with Crippen LogP contribution in [-0.4, -0.2) is 24.0 Å². The number of likely N-dealkylation sites (tertiary alicyclic amines) is 1. The lowest BCUT2D eigenvalue weighted by atomic mass is 9.72. The van der Waals surface area contributed by atoms with Gasteiger partial charge in [0.2, 0.25) is 0 Å². The molecule has 1 nitrogen and oxygen atoms in total. The smallest absolute Gasteiger partial charge is 0.00385 e. The maximum Gasteiger partial charge on any atom is 0.00385 e. The molecule has 0 radical (unpaired) electrons. The molecule has 0 amide bonds. The first-order valence-electron chi connectivity index (χ1n) is 10.0. The highest BCUT2D eigenvalue weighted by Gasteiger charge is 2.33. The molecule has 0 bridgehead atoms. The summed E-state index contributed by atoms with van der Waals surface area (Å²) < 4.78 is 0. The molecule has 1 rings (SSSR count). The zero-order valence-electron chi connectivity index (χ0n) is 17.5. The summed E-state index contributed by atoms with van der Waals surface area (Å²) in [6, 6.07) is 0.742. The monoisotopic (exact) mass is 313 g/mol. The van der Waals surface area contributed by atoms with Gasteiger partial charge in [-0.3, -0.25) is 0 Å². The van der Waals surface area contributed by atoms with Crippen molar-refractivity contribution in [2.75, 3.05) is 13.1 Å². The second-order valence-corrected chi connectivity index (χ2v) is 8.07. The third kappa shape index (κ3) is 12.5. The van der Waals surface area contributed by atoms with Crippen LogP contribution in [0.1, 0.15) is 107 Å². The molecule has 1 fully saturated rings. The first-order valence-corrected chi connectivity index (χ1v) is 10.0. The Morgan fingerprint density at radius 2 is 1.09 bits per heavy atom. The number of nitrogens with zero attached hydrogens (tertiary/aromatic N) is 1. The van der Waals surface area contributed by atoms with Crippen molar-refractivity contribution < 1.29 is 0 Å². The molecule has 1 heterocycles. The van der Waals surface area contributed by atoms with Crippen molar-refractivity contribution in [2.45, 2.75) is 113 Å². The Hall–Kier alpha value is -0.0400. The van der Waals surface area contributed by atoms with E-state index in [-0.39, 0.29) is 0 Å². The molecule has 0 spiro atoms. The molecule has 0 atom stereocenters. The Labute approximate surface area is 143 Å². The van der Waals surface area contributed by atoms with Crippen molar-refractivity contribution in [2.24, 2.45) is 11.3 Å². The van der Waals surface area contributed by atoms with E-state index in [9.17, 15) is 0 Å². The summed E-state index contributed by atoms with van der Waals surface area (Å²) in [7, 11) is 0. The van der Waals surface area contributed by atoms with Gasteiger partial charge in [-0.15, -0.1) is 0 Å². The number of hydrogen-bond donors (Lipinski definition) is 0. The summed E-state index contributed by atoms with van der Waals surface area (Å²) >= 11 is 0. The van der Waals surface area contributed by atoms with Gasteiger partial charge >= 0.3 is 0 Å². The Balaban J connectivity index is 0. The van der Waals surface area contributed by atoms with Crippen LogP contribution in [0.4, 0.5) is 0 Å². The van der Waals surface area contributed by atoms with Crippen LogP contribution in [0.25, 0.3) is 0 Å². The largest absolute Gasteiger partial charge is 0.301 e. The van der Waals surface area contributed by atoms with Crippen molar-refractivity contribution in [3.8, 4) is 0 Å². The first-order chi connectivity index (χ1) is 10.3. The van der Waals surface area contributed by atoms with Crippen LogP contribution in [0.15, 0.2) is 0 Å². The number of rotatable bonds is 5. The highest BCUT2D eigenvalue weighted by Crippen LogP contribution is 2.40. The molecule has 1 aliphatic rings. The van der Waals surface area contributed by atoms with Crippen molar-refractivity contribution in [3.63, 3.8) is 0 Å². The zero-order chi connectivity index (χ0) is 17.6. The van der Waals surface area contributed by atoms with E-state index < -0.39 is 0 Å². The summed E-state index contributed by atoms with van der Waals surface area (Å²) in [5.41, 5.74) is 0.703. The molecule has 0 aromatic rings. The minimum Gasteiger partial charge on any atom is -0.301 e. The highest BCUT2D eigenvalue weighted by molar-refractivity contribution is 4.86. The maximum absolute atomic E-state index is 2.64. The third-order valence-electron chi connectivity index (χ3n) is 4.15. The van der Waals surface area contributed by atoms with Gasteiger partial charge in [-0.25, -0.2) is 0 Å². The molecule has 1 heteroatoms. The summed E-state index contributed by atoms with van der Waals surface area (Å²) in [6.45, 7) is 22.7. The van der Waals surface area contributed by atoms with Gasteiger partial charge in [-0.05, 0) is 64.0 Å². The van der Waals surface area contributed by atoms with Gasteiger partial charge in [0.15, 0.2) is 0 Å². The van der Waals surface area contributed by atoms with E-state index in [4.69, 9.17) is 0 Å². The maximum atomic E-state index is 2.64. The lowest BCUT2D eigenvalue weighted by Gasteiger charge is -2.43. The van der Waals surface area contributed by atoms with Gasteiger partial charge in [-0.1, -0.05) is 67.7 Å². The first kappa shape index (κ1) is 24.2. The van der Waals surface area contributed by atoms with Crippen molar-refractivity contribution in [3.05, 3.63) is 0 Å². The summed E-state index contributed by atoms with van der Waals surface area (Å²) in [5.74, 6) is 0.833. The SMILES string of the molecule is CC(C)C.CCC.CCCC1(CCC)CCN(C(C)C)CC1. The van der Waals surface area contributed by atoms with Gasteiger partial charge in [0, 0.05) is 6.04 Å². The van der Waals surface area contributed by atoms with Gasteiger partial charge in [-0.2, -0.15) is 0 Å². The molecule has 0 aromatic heterocycles. The molecule has 0 N–H and O–H groups in total. The molecule has 0 aliphatic carbocycles. The van der Waals surface area contributed by atoms with Crippen LogP contribution in [0.2, 0.25) is 0 Å². The van der Waals surface area contributed by atoms with Crippen LogP contribution in [0.5, 0.6) is 0 Å². The Bertz CT molecular complexity index is 201. The second-order valence-electron chi connectivity index (χ2n) is 8.07. The second kappa shape index (κ2) is 14.5. The van der Waals surface area contributed by atoms with Crippen LogP contribution in [0.3, 0.4) is 0 Å². The molecular weight excluding hydrogens is 266 g/mol. The van der Waals surface area contributed by atoms with Crippen molar-refractivity contribution >= 4 is 0 Å². The molecular formula is C21H47N. The summed E-state index contributed by atoms with van der Waals surface area (Å²) in [6.07, 6.45) is 9.75. The predicted molar refractivity (Wildman–Crippen MR) is 105 cm³/mol. The van der Waals surface area contributed by atoms with E-state index in [0.717, 1.165) is 12.0 Å². The van der Waals surface area contributed by atoms with Crippen molar-refractivity contribution in [1.82, 2.24) is 4.90 Å². The van der Waals surface area contributed by atoms with Crippen molar-refractivity contribution in [1.29, 1.82) is 0 Å². The quantitative estimate of drug-likeness (QED) is 0.520. The summed E-state index contributed by atoms with van der Waals surface area (Å²) in [4.78, 5) is 2.64. The highest BCUT2D eigenvalue weighted by atomic mass is 15.2. The van der Waals surface area contributed by atoms with E-state index >= 15 is 0 Å². The third-order valence-corrected chi connectivity index (χ3v) is 4.15. The molecule has 1 saturated heterocycles. The van der Waals surface area contributed by atoms with Gasteiger partial charge in [0.25, 0.3) is 0 Å². The topological polar surface area (TPSA) is 3.24 Å². The molecule has 0 saturated carbocycles. The Morgan fingerprint density at radius 1 is 0.773 bits per heavy atom. The molecule has 22 heavy (non-hydrogen) atoms. The van der Waals surface area contributed by atoms with Crippen LogP contribution in [0, 0.1) is 11.3 Å². The molecule has 136 valence electrons. The fourth-order valence-corrected chi connectivity index (χ4v) is 3.20. The Morgan fingerprint density at radius 3 is 1.32 bits per heavy atom. The Kier molecular flexibility index (Phi) is 16.0. The van der Waals surface area contributed by atoms with Gasteiger partial charge < -0.3 is 4.90 Å². The van der Waals surface area contributed by atoms with E-state index in [1.54, 1.807) is 0 Å². The fraction of sp³-hybridized carbons (Fsp3) is 1.00.